The van der Waals surface area contributed by atoms with E-state index in [2.05, 4.69) is 25.5 Å². The van der Waals surface area contributed by atoms with Gasteiger partial charge in [0.05, 0.1) is 6.54 Å². The van der Waals surface area contributed by atoms with Gasteiger partial charge in [0.1, 0.15) is 11.9 Å². The van der Waals surface area contributed by atoms with Crippen molar-refractivity contribution >= 4 is 5.91 Å². The first-order chi connectivity index (χ1) is 11.2. The second-order valence-electron chi connectivity index (χ2n) is 4.95. The first kappa shape index (κ1) is 14.9. The fourth-order valence-corrected chi connectivity index (χ4v) is 2.10. The highest BCUT2D eigenvalue weighted by molar-refractivity contribution is 5.82. The number of amides is 1. The molecule has 0 aliphatic heterocycles. The molecule has 2 aromatic heterocycles. The van der Waals surface area contributed by atoms with Gasteiger partial charge < -0.3 is 11.1 Å². The molecule has 0 radical (unpaired) electrons. The van der Waals surface area contributed by atoms with Gasteiger partial charge in [0.25, 0.3) is 0 Å². The maximum absolute atomic E-state index is 12.1. The molecule has 23 heavy (non-hydrogen) atoms. The van der Waals surface area contributed by atoms with Gasteiger partial charge in [-0.05, 0) is 17.7 Å². The van der Waals surface area contributed by atoms with E-state index < -0.39 is 6.04 Å². The van der Waals surface area contributed by atoms with Gasteiger partial charge in [0.15, 0.2) is 5.82 Å². The van der Waals surface area contributed by atoms with E-state index in [-0.39, 0.29) is 12.5 Å². The quantitative estimate of drug-likeness (QED) is 0.655. The lowest BCUT2D eigenvalue weighted by Crippen LogP contribution is -2.33. The summed E-state index contributed by atoms with van der Waals surface area (Å²) in [6.07, 6.45) is 3.35. The molecule has 0 bridgehead atoms. The van der Waals surface area contributed by atoms with Crippen LogP contribution in [0.3, 0.4) is 0 Å². The number of nitrogens with one attached hydrogen (secondary N) is 2. The van der Waals surface area contributed by atoms with Crippen LogP contribution in [0.25, 0.3) is 11.4 Å². The van der Waals surface area contributed by atoms with Crippen molar-refractivity contribution in [1.82, 2.24) is 25.5 Å². The monoisotopic (exact) mass is 308 g/mol. The first-order valence-corrected chi connectivity index (χ1v) is 7.14. The number of aromatic nitrogens is 4. The highest BCUT2D eigenvalue weighted by Gasteiger charge is 2.15. The number of carbonyl (C=O) groups is 1. The minimum absolute atomic E-state index is 0.234. The van der Waals surface area contributed by atoms with Crippen LogP contribution in [0.2, 0.25) is 0 Å². The Labute approximate surface area is 133 Å². The SMILES string of the molecule is N[C@@H](C(=O)NCc1nc(-c2ccncc2)n[nH]1)c1ccccc1. The highest BCUT2D eigenvalue weighted by atomic mass is 16.2. The third-order valence-electron chi connectivity index (χ3n) is 3.34. The van der Waals surface area contributed by atoms with Crippen molar-refractivity contribution in [2.24, 2.45) is 5.73 Å². The van der Waals surface area contributed by atoms with Crippen molar-refractivity contribution in [3.8, 4) is 11.4 Å². The van der Waals surface area contributed by atoms with Crippen LogP contribution in [0.15, 0.2) is 54.9 Å². The molecule has 3 rings (SSSR count). The lowest BCUT2D eigenvalue weighted by atomic mass is 10.1. The average molecular weight is 308 g/mol. The number of aromatic amines is 1. The van der Waals surface area contributed by atoms with Crippen LogP contribution in [-0.4, -0.2) is 26.1 Å². The van der Waals surface area contributed by atoms with Crippen LogP contribution in [0.5, 0.6) is 0 Å². The van der Waals surface area contributed by atoms with Crippen molar-refractivity contribution in [2.75, 3.05) is 0 Å². The largest absolute Gasteiger partial charge is 0.347 e. The van der Waals surface area contributed by atoms with Crippen LogP contribution in [0, 0.1) is 0 Å². The topological polar surface area (TPSA) is 110 Å². The van der Waals surface area contributed by atoms with E-state index in [1.165, 1.54) is 0 Å². The Morgan fingerprint density at radius 2 is 1.91 bits per heavy atom. The van der Waals surface area contributed by atoms with Crippen LogP contribution in [0.4, 0.5) is 0 Å². The molecule has 4 N–H and O–H groups in total. The summed E-state index contributed by atoms with van der Waals surface area (Å²) in [5.41, 5.74) is 7.55. The molecule has 0 saturated heterocycles. The summed E-state index contributed by atoms with van der Waals surface area (Å²) in [5.74, 6) is 0.854. The third-order valence-corrected chi connectivity index (χ3v) is 3.34. The molecule has 0 saturated carbocycles. The van der Waals surface area contributed by atoms with E-state index in [9.17, 15) is 4.79 Å². The fourth-order valence-electron chi connectivity index (χ4n) is 2.10. The molecular weight excluding hydrogens is 292 g/mol. The maximum atomic E-state index is 12.1. The summed E-state index contributed by atoms with van der Waals surface area (Å²) >= 11 is 0. The van der Waals surface area contributed by atoms with Crippen molar-refractivity contribution < 1.29 is 4.79 Å². The minimum Gasteiger partial charge on any atom is -0.347 e. The lowest BCUT2D eigenvalue weighted by Gasteiger charge is -2.11. The van der Waals surface area contributed by atoms with Crippen molar-refractivity contribution in [3.05, 3.63) is 66.2 Å². The Hall–Kier alpha value is -3.06. The number of nitrogens with two attached hydrogens (primary N) is 1. The standard InChI is InChI=1S/C16H16N6O/c17-14(11-4-2-1-3-5-11)16(23)19-10-13-20-15(22-21-13)12-6-8-18-9-7-12/h1-9,14H,10,17H2,(H,19,23)(H,20,21,22)/t14-/m1/s1. The molecule has 1 aromatic carbocycles. The molecule has 1 atom stereocenters. The van der Waals surface area contributed by atoms with E-state index in [4.69, 9.17) is 5.73 Å². The number of pyridine rings is 1. The van der Waals surface area contributed by atoms with Gasteiger partial charge in [0.2, 0.25) is 5.91 Å². The summed E-state index contributed by atoms with van der Waals surface area (Å²) in [5, 5.41) is 9.67. The first-order valence-electron chi connectivity index (χ1n) is 7.14. The average Bonchev–Trinajstić information content (AvgIpc) is 3.09. The predicted octanol–water partition coefficient (Wildman–Crippen LogP) is 1.18. The zero-order chi connectivity index (χ0) is 16.1. The zero-order valence-electron chi connectivity index (χ0n) is 12.3. The second kappa shape index (κ2) is 6.80. The van der Waals surface area contributed by atoms with Gasteiger partial charge in [-0.2, -0.15) is 5.10 Å². The molecule has 2 heterocycles. The van der Waals surface area contributed by atoms with Crippen LogP contribution >= 0.6 is 0 Å². The molecule has 3 aromatic rings. The Morgan fingerprint density at radius 3 is 2.65 bits per heavy atom. The molecule has 0 spiro atoms. The molecule has 0 fully saturated rings. The van der Waals surface area contributed by atoms with E-state index in [1.807, 2.05) is 42.5 Å². The summed E-state index contributed by atoms with van der Waals surface area (Å²) in [6.45, 7) is 0.234. The number of carbonyl (C=O) groups excluding carboxylic acids is 1. The number of H-pyrrole nitrogens is 1. The van der Waals surface area contributed by atoms with E-state index >= 15 is 0 Å². The number of nitrogens with zero attached hydrogens (tertiary/aromatic N) is 3. The molecular formula is C16H16N6O. The highest BCUT2D eigenvalue weighted by Crippen LogP contribution is 2.13. The van der Waals surface area contributed by atoms with Crippen molar-refractivity contribution in [1.29, 1.82) is 0 Å². The second-order valence-corrected chi connectivity index (χ2v) is 4.95. The molecule has 116 valence electrons. The smallest absolute Gasteiger partial charge is 0.241 e. The summed E-state index contributed by atoms with van der Waals surface area (Å²) in [6, 6.07) is 12.1. The van der Waals surface area contributed by atoms with Gasteiger partial charge in [-0.3, -0.25) is 14.9 Å². The molecule has 1 amide bonds. The Bertz CT molecular complexity index is 772. The van der Waals surface area contributed by atoms with Crippen LogP contribution in [-0.2, 0) is 11.3 Å². The van der Waals surface area contributed by atoms with Gasteiger partial charge in [-0.1, -0.05) is 30.3 Å². The minimum atomic E-state index is -0.709. The molecule has 7 heteroatoms. The summed E-state index contributed by atoms with van der Waals surface area (Å²) in [4.78, 5) is 20.4. The molecule has 0 aliphatic rings. The van der Waals surface area contributed by atoms with Crippen molar-refractivity contribution in [3.63, 3.8) is 0 Å². The summed E-state index contributed by atoms with van der Waals surface area (Å²) < 4.78 is 0. The molecule has 0 unspecified atom stereocenters. The number of hydrogen-bond donors (Lipinski definition) is 3. The van der Waals surface area contributed by atoms with E-state index in [0.717, 1.165) is 11.1 Å². The zero-order valence-corrected chi connectivity index (χ0v) is 12.3. The lowest BCUT2D eigenvalue weighted by molar-refractivity contribution is -0.122. The van der Waals surface area contributed by atoms with Crippen molar-refractivity contribution in [2.45, 2.75) is 12.6 Å². The Kier molecular flexibility index (Phi) is 4.39. The maximum Gasteiger partial charge on any atom is 0.241 e. The van der Waals surface area contributed by atoms with E-state index in [1.54, 1.807) is 12.4 Å². The molecule has 0 aliphatic carbocycles. The Balaban J connectivity index is 1.61. The van der Waals surface area contributed by atoms with Gasteiger partial charge in [0, 0.05) is 18.0 Å². The molecule has 7 nitrogen and oxygen atoms in total. The van der Waals surface area contributed by atoms with Crippen LogP contribution in [0.1, 0.15) is 17.4 Å². The number of rotatable bonds is 5. The normalized spacial score (nSPS) is 11.9. The van der Waals surface area contributed by atoms with Crippen LogP contribution < -0.4 is 11.1 Å². The predicted molar refractivity (Wildman–Crippen MR) is 84.8 cm³/mol. The van der Waals surface area contributed by atoms with Gasteiger partial charge in [-0.15, -0.1) is 0 Å². The number of benzene rings is 1. The third kappa shape index (κ3) is 3.58. The van der Waals surface area contributed by atoms with E-state index in [0.29, 0.717) is 11.6 Å². The summed E-state index contributed by atoms with van der Waals surface area (Å²) in [7, 11) is 0. The number of hydrogen-bond acceptors (Lipinski definition) is 5. The fraction of sp³-hybridized carbons (Fsp3) is 0.125. The Morgan fingerprint density at radius 1 is 1.17 bits per heavy atom. The van der Waals surface area contributed by atoms with Gasteiger partial charge >= 0.3 is 0 Å². The van der Waals surface area contributed by atoms with Gasteiger partial charge in [-0.25, -0.2) is 4.98 Å².